The standard InChI is InChI=1S/C14H19N3O/c1-9(2)10(3)15-13-8-6-5-7-12(13)14-17-16-11(4)18-14/h5-10,15H,1-4H3. The average Bonchev–Trinajstić information content (AvgIpc) is 2.76. The lowest BCUT2D eigenvalue weighted by Gasteiger charge is -2.20. The molecule has 0 amide bonds. The van der Waals surface area contributed by atoms with Gasteiger partial charge in [-0.15, -0.1) is 10.2 Å². The highest BCUT2D eigenvalue weighted by Gasteiger charge is 2.13. The van der Waals surface area contributed by atoms with E-state index in [-0.39, 0.29) is 0 Å². The summed E-state index contributed by atoms with van der Waals surface area (Å²) in [6.07, 6.45) is 0. The molecule has 18 heavy (non-hydrogen) atoms. The predicted octanol–water partition coefficient (Wildman–Crippen LogP) is 3.50. The molecule has 1 aromatic carbocycles. The normalized spacial score (nSPS) is 12.7. The fourth-order valence-electron chi connectivity index (χ4n) is 1.61. The Morgan fingerprint density at radius 1 is 1.11 bits per heavy atom. The quantitative estimate of drug-likeness (QED) is 0.895. The molecular formula is C14H19N3O. The molecule has 0 aliphatic carbocycles. The number of hydrogen-bond acceptors (Lipinski definition) is 4. The van der Waals surface area contributed by atoms with Gasteiger partial charge < -0.3 is 9.73 Å². The molecule has 0 aliphatic rings. The molecule has 1 aromatic heterocycles. The number of hydrogen-bond donors (Lipinski definition) is 1. The van der Waals surface area contributed by atoms with Gasteiger partial charge in [0.2, 0.25) is 11.8 Å². The Morgan fingerprint density at radius 3 is 2.44 bits per heavy atom. The monoisotopic (exact) mass is 245 g/mol. The van der Waals surface area contributed by atoms with Gasteiger partial charge in [-0.05, 0) is 25.0 Å². The van der Waals surface area contributed by atoms with Gasteiger partial charge >= 0.3 is 0 Å². The van der Waals surface area contributed by atoms with Gasteiger partial charge in [-0.3, -0.25) is 0 Å². The van der Waals surface area contributed by atoms with E-state index in [2.05, 4.69) is 36.3 Å². The van der Waals surface area contributed by atoms with Gasteiger partial charge in [0.15, 0.2) is 0 Å². The Kier molecular flexibility index (Phi) is 3.65. The van der Waals surface area contributed by atoms with Crippen molar-refractivity contribution in [2.24, 2.45) is 5.92 Å². The maximum absolute atomic E-state index is 5.49. The van der Waals surface area contributed by atoms with Crippen LogP contribution in [0.15, 0.2) is 28.7 Å². The number of aromatic nitrogens is 2. The van der Waals surface area contributed by atoms with Gasteiger partial charge in [-0.1, -0.05) is 26.0 Å². The lowest BCUT2D eigenvalue weighted by Crippen LogP contribution is -2.21. The molecule has 1 heterocycles. The predicted molar refractivity (Wildman–Crippen MR) is 72.4 cm³/mol. The van der Waals surface area contributed by atoms with Crippen molar-refractivity contribution in [1.29, 1.82) is 0 Å². The van der Waals surface area contributed by atoms with Crippen LogP contribution in [0.1, 0.15) is 26.7 Å². The van der Waals surface area contributed by atoms with Crippen LogP contribution in [0.4, 0.5) is 5.69 Å². The molecule has 0 aliphatic heterocycles. The maximum atomic E-state index is 5.49. The molecule has 96 valence electrons. The zero-order chi connectivity index (χ0) is 13.1. The van der Waals surface area contributed by atoms with Gasteiger partial charge in [0.25, 0.3) is 0 Å². The fraction of sp³-hybridized carbons (Fsp3) is 0.429. The van der Waals surface area contributed by atoms with E-state index >= 15 is 0 Å². The van der Waals surface area contributed by atoms with Crippen molar-refractivity contribution in [2.45, 2.75) is 33.7 Å². The molecule has 4 nitrogen and oxygen atoms in total. The van der Waals surface area contributed by atoms with Crippen molar-refractivity contribution in [3.8, 4) is 11.5 Å². The Labute approximate surface area is 107 Å². The summed E-state index contributed by atoms with van der Waals surface area (Å²) in [6, 6.07) is 8.38. The van der Waals surface area contributed by atoms with Crippen molar-refractivity contribution < 1.29 is 4.42 Å². The van der Waals surface area contributed by atoms with Gasteiger partial charge in [-0.2, -0.15) is 0 Å². The van der Waals surface area contributed by atoms with E-state index in [0.29, 0.717) is 23.7 Å². The van der Waals surface area contributed by atoms with Crippen LogP contribution < -0.4 is 5.32 Å². The van der Waals surface area contributed by atoms with E-state index in [0.717, 1.165) is 11.3 Å². The Morgan fingerprint density at radius 2 is 1.83 bits per heavy atom. The molecule has 0 radical (unpaired) electrons. The van der Waals surface area contributed by atoms with Crippen LogP contribution in [0.2, 0.25) is 0 Å². The summed E-state index contributed by atoms with van der Waals surface area (Å²) in [6.45, 7) is 8.35. The van der Waals surface area contributed by atoms with Crippen LogP contribution >= 0.6 is 0 Å². The molecule has 2 aromatic rings. The highest BCUT2D eigenvalue weighted by molar-refractivity contribution is 5.72. The average molecular weight is 245 g/mol. The first-order valence-corrected chi connectivity index (χ1v) is 6.24. The number of anilines is 1. The third kappa shape index (κ3) is 2.70. The maximum Gasteiger partial charge on any atom is 0.249 e. The van der Waals surface area contributed by atoms with E-state index in [1.54, 1.807) is 6.92 Å². The minimum Gasteiger partial charge on any atom is -0.421 e. The van der Waals surface area contributed by atoms with Crippen molar-refractivity contribution in [2.75, 3.05) is 5.32 Å². The summed E-state index contributed by atoms with van der Waals surface area (Å²) < 4.78 is 5.49. The first-order chi connectivity index (χ1) is 8.58. The molecule has 1 N–H and O–H groups in total. The van der Waals surface area contributed by atoms with E-state index < -0.39 is 0 Å². The fourth-order valence-corrected chi connectivity index (χ4v) is 1.61. The third-order valence-electron chi connectivity index (χ3n) is 3.07. The summed E-state index contributed by atoms with van der Waals surface area (Å²) in [5, 5.41) is 11.4. The summed E-state index contributed by atoms with van der Waals surface area (Å²) in [4.78, 5) is 0. The largest absolute Gasteiger partial charge is 0.421 e. The van der Waals surface area contributed by atoms with Crippen LogP contribution in [0.25, 0.3) is 11.5 Å². The second kappa shape index (κ2) is 5.21. The molecule has 0 bridgehead atoms. The van der Waals surface area contributed by atoms with Gasteiger partial charge in [-0.25, -0.2) is 0 Å². The van der Waals surface area contributed by atoms with Crippen molar-refractivity contribution >= 4 is 5.69 Å². The number of aryl methyl sites for hydroxylation is 1. The number of nitrogens with one attached hydrogen (secondary N) is 1. The topological polar surface area (TPSA) is 51.0 Å². The summed E-state index contributed by atoms with van der Waals surface area (Å²) in [5.74, 6) is 1.70. The molecular weight excluding hydrogens is 226 g/mol. The number of benzene rings is 1. The number of rotatable bonds is 4. The second-order valence-electron chi connectivity index (χ2n) is 4.85. The Bertz CT molecular complexity index is 519. The number of nitrogens with zero attached hydrogens (tertiary/aromatic N) is 2. The van der Waals surface area contributed by atoms with Crippen LogP contribution in [0.5, 0.6) is 0 Å². The van der Waals surface area contributed by atoms with Crippen molar-refractivity contribution in [1.82, 2.24) is 10.2 Å². The van der Waals surface area contributed by atoms with E-state index in [9.17, 15) is 0 Å². The smallest absolute Gasteiger partial charge is 0.249 e. The van der Waals surface area contributed by atoms with Crippen LogP contribution in [-0.4, -0.2) is 16.2 Å². The summed E-state index contributed by atoms with van der Waals surface area (Å²) in [7, 11) is 0. The van der Waals surface area contributed by atoms with Crippen LogP contribution in [0.3, 0.4) is 0 Å². The number of para-hydroxylation sites is 1. The molecule has 2 rings (SSSR count). The lowest BCUT2D eigenvalue weighted by atomic mass is 10.1. The first-order valence-electron chi connectivity index (χ1n) is 6.24. The minimum absolute atomic E-state index is 0.384. The van der Waals surface area contributed by atoms with Crippen molar-refractivity contribution in [3.63, 3.8) is 0 Å². The second-order valence-corrected chi connectivity index (χ2v) is 4.85. The van der Waals surface area contributed by atoms with Crippen molar-refractivity contribution in [3.05, 3.63) is 30.2 Å². The van der Waals surface area contributed by atoms with Gasteiger partial charge in [0.1, 0.15) is 0 Å². The molecule has 1 unspecified atom stereocenters. The molecule has 4 heteroatoms. The Balaban J connectivity index is 2.31. The molecule has 0 saturated heterocycles. The zero-order valence-corrected chi connectivity index (χ0v) is 11.3. The lowest BCUT2D eigenvalue weighted by molar-refractivity contribution is 0.532. The molecule has 1 atom stereocenters. The third-order valence-corrected chi connectivity index (χ3v) is 3.07. The van der Waals surface area contributed by atoms with E-state index in [1.165, 1.54) is 0 Å². The summed E-state index contributed by atoms with van der Waals surface area (Å²) in [5.41, 5.74) is 1.98. The van der Waals surface area contributed by atoms with Crippen LogP contribution in [0, 0.1) is 12.8 Å². The molecule has 0 spiro atoms. The van der Waals surface area contributed by atoms with Gasteiger partial charge in [0, 0.05) is 18.7 Å². The first kappa shape index (κ1) is 12.6. The van der Waals surface area contributed by atoms with Gasteiger partial charge in [0.05, 0.1) is 5.56 Å². The Hall–Kier alpha value is -1.84. The highest BCUT2D eigenvalue weighted by atomic mass is 16.4. The minimum atomic E-state index is 0.384. The SMILES string of the molecule is Cc1nnc(-c2ccccc2NC(C)C(C)C)o1. The van der Waals surface area contributed by atoms with E-state index in [4.69, 9.17) is 4.42 Å². The van der Waals surface area contributed by atoms with E-state index in [1.807, 2.05) is 24.3 Å². The summed E-state index contributed by atoms with van der Waals surface area (Å²) >= 11 is 0. The zero-order valence-electron chi connectivity index (χ0n) is 11.3. The molecule has 0 fully saturated rings. The highest BCUT2D eigenvalue weighted by Crippen LogP contribution is 2.27. The molecule has 0 saturated carbocycles. The van der Waals surface area contributed by atoms with Crippen LogP contribution in [-0.2, 0) is 0 Å².